The SMILES string of the molecule is COc1ccc(CNS(=O)(=O)c2ccc(N3C(=O)C(C)CS3(=O)=O)cc2C)cc1OC. The van der Waals surface area contributed by atoms with Crippen LogP contribution in [0.4, 0.5) is 5.69 Å². The molecule has 1 atom stereocenters. The Morgan fingerprint density at radius 1 is 1.10 bits per heavy atom. The summed E-state index contributed by atoms with van der Waals surface area (Å²) in [7, 11) is -4.66. The fourth-order valence-electron chi connectivity index (χ4n) is 3.39. The van der Waals surface area contributed by atoms with Gasteiger partial charge in [-0.25, -0.2) is 25.9 Å². The van der Waals surface area contributed by atoms with Crippen LogP contribution in [0.3, 0.4) is 0 Å². The maximum Gasteiger partial charge on any atom is 0.244 e. The molecule has 1 N–H and O–H groups in total. The Balaban J connectivity index is 1.83. The number of hydrogen-bond acceptors (Lipinski definition) is 7. The lowest BCUT2D eigenvalue weighted by Crippen LogP contribution is -2.30. The average Bonchev–Trinajstić information content (AvgIpc) is 2.92. The largest absolute Gasteiger partial charge is 0.493 e. The number of ether oxygens (including phenoxy) is 2. The third-order valence-corrected chi connectivity index (χ3v) is 8.39. The number of sulfonamides is 2. The van der Waals surface area contributed by atoms with E-state index in [1.165, 1.54) is 32.4 Å². The summed E-state index contributed by atoms with van der Waals surface area (Å²) in [6.45, 7) is 3.11. The lowest BCUT2D eigenvalue weighted by molar-refractivity contribution is -0.119. The summed E-state index contributed by atoms with van der Waals surface area (Å²) in [4.78, 5) is 12.3. The van der Waals surface area contributed by atoms with Crippen molar-refractivity contribution in [2.24, 2.45) is 5.92 Å². The molecule has 1 aliphatic rings. The predicted molar refractivity (Wildman–Crippen MR) is 115 cm³/mol. The quantitative estimate of drug-likeness (QED) is 0.658. The first-order chi connectivity index (χ1) is 14.5. The molecule has 168 valence electrons. The van der Waals surface area contributed by atoms with Crippen molar-refractivity contribution in [3.8, 4) is 11.5 Å². The summed E-state index contributed by atoms with van der Waals surface area (Å²) in [5.74, 6) is -0.428. The highest BCUT2D eigenvalue weighted by Crippen LogP contribution is 2.31. The molecule has 0 aliphatic carbocycles. The number of anilines is 1. The van der Waals surface area contributed by atoms with Gasteiger partial charge in [0.15, 0.2) is 11.5 Å². The Labute approximate surface area is 182 Å². The first kappa shape index (κ1) is 23.0. The summed E-state index contributed by atoms with van der Waals surface area (Å²) < 4.78 is 63.9. The second-order valence-electron chi connectivity index (χ2n) is 7.25. The van der Waals surface area contributed by atoms with Gasteiger partial charge in [0.2, 0.25) is 26.0 Å². The van der Waals surface area contributed by atoms with Crippen LogP contribution in [-0.4, -0.2) is 42.7 Å². The summed E-state index contributed by atoms with van der Waals surface area (Å²) >= 11 is 0. The van der Waals surface area contributed by atoms with Gasteiger partial charge in [0.05, 0.1) is 36.5 Å². The van der Waals surface area contributed by atoms with E-state index >= 15 is 0 Å². The van der Waals surface area contributed by atoms with E-state index in [9.17, 15) is 21.6 Å². The predicted octanol–water partition coefficient (Wildman–Crippen LogP) is 1.80. The summed E-state index contributed by atoms with van der Waals surface area (Å²) in [5.41, 5.74) is 1.11. The van der Waals surface area contributed by atoms with Crippen LogP contribution in [-0.2, 0) is 31.4 Å². The van der Waals surface area contributed by atoms with Gasteiger partial charge in [0.1, 0.15) is 0 Å². The lowest BCUT2D eigenvalue weighted by Gasteiger charge is -2.17. The second-order valence-corrected chi connectivity index (χ2v) is 10.8. The van der Waals surface area contributed by atoms with E-state index in [1.54, 1.807) is 32.0 Å². The molecule has 3 rings (SSSR count). The zero-order valence-electron chi connectivity index (χ0n) is 17.6. The zero-order chi connectivity index (χ0) is 23.0. The molecule has 31 heavy (non-hydrogen) atoms. The van der Waals surface area contributed by atoms with E-state index in [4.69, 9.17) is 9.47 Å². The highest BCUT2D eigenvalue weighted by molar-refractivity contribution is 7.94. The number of hydrogen-bond donors (Lipinski definition) is 1. The molecule has 0 saturated carbocycles. The summed E-state index contributed by atoms with van der Waals surface area (Å²) in [6.07, 6.45) is 0. The first-order valence-electron chi connectivity index (χ1n) is 9.38. The molecule has 0 radical (unpaired) electrons. The van der Waals surface area contributed by atoms with Gasteiger partial charge >= 0.3 is 0 Å². The van der Waals surface area contributed by atoms with Gasteiger partial charge in [-0.3, -0.25) is 4.79 Å². The fourth-order valence-corrected chi connectivity index (χ4v) is 6.45. The van der Waals surface area contributed by atoms with Crippen molar-refractivity contribution in [1.82, 2.24) is 4.72 Å². The van der Waals surface area contributed by atoms with Gasteiger partial charge < -0.3 is 9.47 Å². The van der Waals surface area contributed by atoms with Crippen LogP contribution < -0.4 is 18.5 Å². The van der Waals surface area contributed by atoms with Crippen molar-refractivity contribution < 1.29 is 31.1 Å². The average molecular weight is 469 g/mol. The smallest absolute Gasteiger partial charge is 0.244 e. The molecule has 1 unspecified atom stereocenters. The third-order valence-electron chi connectivity index (χ3n) is 4.96. The second kappa shape index (κ2) is 8.48. The standard InChI is InChI=1S/C20H24N2O7S2/c1-13-9-16(22-20(23)14(2)12-30(22,24)25)6-8-19(13)31(26,27)21-11-15-5-7-17(28-3)18(10-15)29-4/h5-10,14,21H,11-12H2,1-4H3. The third kappa shape index (κ3) is 4.53. The highest BCUT2D eigenvalue weighted by Gasteiger charge is 2.42. The number of carbonyl (C=O) groups excluding carboxylic acids is 1. The molecule has 1 saturated heterocycles. The van der Waals surface area contributed by atoms with Crippen molar-refractivity contribution in [2.75, 3.05) is 24.3 Å². The number of nitrogens with one attached hydrogen (secondary N) is 1. The molecule has 2 aromatic rings. The van der Waals surface area contributed by atoms with E-state index in [2.05, 4.69) is 4.72 Å². The Morgan fingerprint density at radius 2 is 1.77 bits per heavy atom. The van der Waals surface area contributed by atoms with Crippen LogP contribution in [0, 0.1) is 12.8 Å². The van der Waals surface area contributed by atoms with E-state index in [-0.39, 0.29) is 22.9 Å². The van der Waals surface area contributed by atoms with Crippen LogP contribution in [0.2, 0.25) is 0 Å². The van der Waals surface area contributed by atoms with E-state index < -0.39 is 31.9 Å². The van der Waals surface area contributed by atoms with Gasteiger partial charge in [0.25, 0.3) is 0 Å². The summed E-state index contributed by atoms with van der Waals surface area (Å²) in [6, 6.07) is 9.07. The number of aryl methyl sites for hydroxylation is 1. The van der Waals surface area contributed by atoms with E-state index in [0.717, 1.165) is 4.31 Å². The van der Waals surface area contributed by atoms with Crippen molar-refractivity contribution in [1.29, 1.82) is 0 Å². The summed E-state index contributed by atoms with van der Waals surface area (Å²) in [5, 5.41) is 0. The molecule has 0 bridgehead atoms. The Hall–Kier alpha value is -2.63. The normalized spacial score (nSPS) is 18.3. The van der Waals surface area contributed by atoms with Gasteiger partial charge in [-0.05, 0) is 48.4 Å². The number of carbonyl (C=O) groups is 1. The number of amides is 1. The van der Waals surface area contributed by atoms with Gasteiger partial charge in [-0.1, -0.05) is 13.0 Å². The molecular formula is C20H24N2O7S2. The highest BCUT2D eigenvalue weighted by atomic mass is 32.2. The van der Waals surface area contributed by atoms with Gasteiger partial charge in [-0.2, -0.15) is 0 Å². The molecule has 0 aromatic heterocycles. The fraction of sp³-hybridized carbons (Fsp3) is 0.350. The van der Waals surface area contributed by atoms with Gasteiger partial charge in [0, 0.05) is 6.54 Å². The van der Waals surface area contributed by atoms with Crippen LogP contribution in [0.5, 0.6) is 11.5 Å². The topological polar surface area (TPSA) is 119 Å². The minimum Gasteiger partial charge on any atom is -0.493 e. The van der Waals surface area contributed by atoms with Crippen LogP contribution in [0.25, 0.3) is 0 Å². The minimum atomic E-state index is -3.89. The Kier molecular flexibility index (Phi) is 6.30. The van der Waals surface area contributed by atoms with Gasteiger partial charge in [-0.15, -0.1) is 0 Å². The van der Waals surface area contributed by atoms with E-state index in [0.29, 0.717) is 22.6 Å². The van der Waals surface area contributed by atoms with E-state index in [1.807, 2.05) is 0 Å². The molecule has 1 fully saturated rings. The number of rotatable bonds is 7. The molecule has 2 aromatic carbocycles. The Morgan fingerprint density at radius 3 is 2.32 bits per heavy atom. The maximum absolute atomic E-state index is 12.8. The lowest BCUT2D eigenvalue weighted by atomic mass is 10.2. The molecule has 1 aliphatic heterocycles. The molecule has 0 spiro atoms. The number of benzene rings is 2. The molecule has 1 heterocycles. The van der Waals surface area contributed by atoms with Crippen molar-refractivity contribution >= 4 is 31.6 Å². The maximum atomic E-state index is 12.8. The minimum absolute atomic E-state index is 0.00572. The molecule has 9 nitrogen and oxygen atoms in total. The Bertz CT molecular complexity index is 1220. The van der Waals surface area contributed by atoms with Crippen molar-refractivity contribution in [3.05, 3.63) is 47.5 Å². The number of methoxy groups -OCH3 is 2. The van der Waals surface area contributed by atoms with Crippen molar-refractivity contribution in [2.45, 2.75) is 25.3 Å². The molecular weight excluding hydrogens is 444 g/mol. The monoisotopic (exact) mass is 468 g/mol. The number of nitrogens with zero attached hydrogens (tertiary/aromatic N) is 1. The van der Waals surface area contributed by atoms with Crippen molar-refractivity contribution in [3.63, 3.8) is 0 Å². The van der Waals surface area contributed by atoms with Crippen LogP contribution in [0.15, 0.2) is 41.3 Å². The molecule has 1 amide bonds. The zero-order valence-corrected chi connectivity index (χ0v) is 19.2. The molecule has 11 heteroatoms. The van der Waals surface area contributed by atoms with Crippen LogP contribution >= 0.6 is 0 Å². The van der Waals surface area contributed by atoms with Crippen LogP contribution in [0.1, 0.15) is 18.1 Å². The first-order valence-corrected chi connectivity index (χ1v) is 12.5.